The van der Waals surface area contributed by atoms with Crippen LogP contribution in [-0.4, -0.2) is 59.5 Å². The molecule has 2 heterocycles. The van der Waals surface area contributed by atoms with Gasteiger partial charge in [0.2, 0.25) is 5.91 Å². The maximum absolute atomic E-state index is 12.1. The first-order chi connectivity index (χ1) is 9.61. The fraction of sp³-hybridized carbons (Fsp3) is 0.600. The molecule has 2 rings (SSSR count). The lowest BCUT2D eigenvalue weighted by atomic mass is 10.1. The van der Waals surface area contributed by atoms with Gasteiger partial charge in [-0.05, 0) is 31.5 Å². The highest BCUT2D eigenvalue weighted by Gasteiger charge is 2.33. The van der Waals surface area contributed by atoms with E-state index < -0.39 is 0 Å². The van der Waals surface area contributed by atoms with Crippen molar-refractivity contribution < 1.29 is 4.79 Å². The lowest BCUT2D eigenvalue weighted by Gasteiger charge is -2.42. The average molecular weight is 276 g/mol. The average Bonchev–Trinajstić information content (AvgIpc) is 2.47. The van der Waals surface area contributed by atoms with Crippen molar-refractivity contribution in [3.63, 3.8) is 0 Å². The largest absolute Gasteiger partial charge is 0.358 e. The van der Waals surface area contributed by atoms with Gasteiger partial charge in [0, 0.05) is 51.7 Å². The summed E-state index contributed by atoms with van der Waals surface area (Å²) in [5.41, 5.74) is 1.24. The maximum Gasteiger partial charge on any atom is 0.238 e. The van der Waals surface area contributed by atoms with Gasteiger partial charge in [-0.2, -0.15) is 0 Å². The lowest BCUT2D eigenvalue weighted by molar-refractivity contribution is -0.129. The summed E-state index contributed by atoms with van der Waals surface area (Å²) in [5.74, 6) is 0.109. The Bertz CT molecular complexity index is 435. The van der Waals surface area contributed by atoms with Crippen LogP contribution in [0.15, 0.2) is 24.5 Å². The molecule has 0 bridgehead atoms. The van der Waals surface area contributed by atoms with E-state index in [1.54, 1.807) is 7.05 Å². The van der Waals surface area contributed by atoms with Gasteiger partial charge in [0.1, 0.15) is 6.04 Å². The van der Waals surface area contributed by atoms with Crippen molar-refractivity contribution in [1.29, 1.82) is 0 Å². The van der Waals surface area contributed by atoms with Crippen LogP contribution in [0.25, 0.3) is 0 Å². The number of pyridine rings is 1. The van der Waals surface area contributed by atoms with E-state index in [9.17, 15) is 4.79 Å². The minimum atomic E-state index is -0.0596. The van der Waals surface area contributed by atoms with Gasteiger partial charge in [-0.3, -0.25) is 19.6 Å². The number of amides is 1. The summed E-state index contributed by atoms with van der Waals surface area (Å²) in [6, 6.07) is 4.39. The smallest absolute Gasteiger partial charge is 0.238 e. The van der Waals surface area contributed by atoms with Crippen molar-refractivity contribution in [3.8, 4) is 0 Å². The quantitative estimate of drug-likeness (QED) is 0.880. The molecule has 1 atom stereocenters. The van der Waals surface area contributed by atoms with E-state index in [4.69, 9.17) is 0 Å². The molecule has 0 spiro atoms. The Morgan fingerprint density at radius 3 is 2.70 bits per heavy atom. The summed E-state index contributed by atoms with van der Waals surface area (Å²) in [7, 11) is 1.71. The van der Waals surface area contributed by atoms with Gasteiger partial charge in [0.25, 0.3) is 0 Å². The molecule has 1 amide bonds. The predicted octanol–water partition coefficient (Wildman–Crippen LogP) is 0.722. The normalized spacial score (nSPS) is 21.1. The first kappa shape index (κ1) is 14.9. The number of carbonyl (C=O) groups is 1. The van der Waals surface area contributed by atoms with Gasteiger partial charge >= 0.3 is 0 Å². The van der Waals surface area contributed by atoms with Crippen LogP contribution in [0, 0.1) is 0 Å². The molecule has 5 nitrogen and oxygen atoms in total. The van der Waals surface area contributed by atoms with Gasteiger partial charge in [0.15, 0.2) is 0 Å². The molecule has 1 saturated heterocycles. The van der Waals surface area contributed by atoms with E-state index in [0.717, 1.165) is 26.2 Å². The molecular weight excluding hydrogens is 252 g/mol. The maximum atomic E-state index is 12.1. The molecule has 0 aromatic carbocycles. The Morgan fingerprint density at radius 1 is 1.40 bits per heavy atom. The van der Waals surface area contributed by atoms with E-state index >= 15 is 0 Å². The molecule has 1 unspecified atom stereocenters. The summed E-state index contributed by atoms with van der Waals surface area (Å²) in [6.07, 6.45) is 3.63. The Hall–Kier alpha value is -1.46. The van der Waals surface area contributed by atoms with Crippen molar-refractivity contribution >= 4 is 5.91 Å². The number of rotatable bonds is 4. The number of likely N-dealkylation sites (N-methyl/N-ethyl adjacent to an activating group) is 1. The second-order valence-electron chi connectivity index (χ2n) is 5.55. The van der Waals surface area contributed by atoms with Gasteiger partial charge in [0.05, 0.1) is 0 Å². The molecule has 5 heteroatoms. The molecule has 0 radical (unpaired) electrons. The molecule has 1 aliphatic rings. The third-order valence-electron chi connectivity index (χ3n) is 3.87. The number of hydrogen-bond acceptors (Lipinski definition) is 4. The molecule has 110 valence electrons. The number of hydrogen-bond donors (Lipinski definition) is 1. The summed E-state index contributed by atoms with van der Waals surface area (Å²) in [6.45, 7) is 7.87. The second-order valence-corrected chi connectivity index (χ2v) is 5.55. The molecule has 1 aromatic heterocycles. The van der Waals surface area contributed by atoms with Crippen molar-refractivity contribution in [1.82, 2.24) is 20.1 Å². The molecule has 1 N–H and O–H groups in total. The van der Waals surface area contributed by atoms with Crippen molar-refractivity contribution in [2.24, 2.45) is 0 Å². The number of nitrogens with zero attached hydrogens (tertiary/aromatic N) is 3. The molecule has 1 aromatic rings. The van der Waals surface area contributed by atoms with Crippen LogP contribution >= 0.6 is 0 Å². The first-order valence-corrected chi connectivity index (χ1v) is 7.20. The lowest BCUT2D eigenvalue weighted by Crippen LogP contribution is -2.60. The monoisotopic (exact) mass is 276 g/mol. The van der Waals surface area contributed by atoms with Gasteiger partial charge < -0.3 is 5.32 Å². The van der Waals surface area contributed by atoms with Crippen LogP contribution < -0.4 is 5.32 Å². The van der Waals surface area contributed by atoms with Crippen molar-refractivity contribution in [3.05, 3.63) is 30.1 Å². The molecule has 0 aliphatic carbocycles. The first-order valence-electron chi connectivity index (χ1n) is 7.20. The Kier molecular flexibility index (Phi) is 5.09. The zero-order valence-corrected chi connectivity index (χ0v) is 12.5. The van der Waals surface area contributed by atoms with Crippen molar-refractivity contribution in [2.45, 2.75) is 32.5 Å². The highest BCUT2D eigenvalue weighted by molar-refractivity contribution is 5.81. The second kappa shape index (κ2) is 6.81. The van der Waals surface area contributed by atoms with Crippen LogP contribution in [0.3, 0.4) is 0 Å². The van der Waals surface area contributed by atoms with Crippen LogP contribution in [0.1, 0.15) is 19.4 Å². The minimum absolute atomic E-state index is 0.0596. The number of piperazine rings is 1. The topological polar surface area (TPSA) is 48.5 Å². The van der Waals surface area contributed by atoms with E-state index in [1.165, 1.54) is 5.56 Å². The van der Waals surface area contributed by atoms with Crippen LogP contribution in [0.5, 0.6) is 0 Å². The van der Waals surface area contributed by atoms with Crippen LogP contribution in [0.4, 0.5) is 0 Å². The highest BCUT2D eigenvalue weighted by Crippen LogP contribution is 2.15. The predicted molar refractivity (Wildman–Crippen MR) is 79.2 cm³/mol. The summed E-state index contributed by atoms with van der Waals surface area (Å²) < 4.78 is 0. The molecule has 1 fully saturated rings. The van der Waals surface area contributed by atoms with Gasteiger partial charge in [-0.1, -0.05) is 0 Å². The van der Waals surface area contributed by atoms with Crippen LogP contribution in [-0.2, 0) is 11.3 Å². The van der Waals surface area contributed by atoms with E-state index in [0.29, 0.717) is 6.04 Å². The molecule has 20 heavy (non-hydrogen) atoms. The van der Waals surface area contributed by atoms with Gasteiger partial charge in [-0.25, -0.2) is 0 Å². The van der Waals surface area contributed by atoms with E-state index in [-0.39, 0.29) is 11.9 Å². The minimum Gasteiger partial charge on any atom is -0.358 e. The molecule has 0 saturated carbocycles. The standard InChI is InChI=1S/C15H24N4O/c1-12(2)19-9-8-18(11-14(19)15(20)16-3)10-13-4-6-17-7-5-13/h4-7,12,14H,8-11H2,1-3H3,(H,16,20). The van der Waals surface area contributed by atoms with Crippen molar-refractivity contribution in [2.75, 3.05) is 26.7 Å². The summed E-state index contributed by atoms with van der Waals surface area (Å²) in [4.78, 5) is 20.8. The van der Waals surface area contributed by atoms with E-state index in [2.05, 4.69) is 33.9 Å². The van der Waals surface area contributed by atoms with Crippen LogP contribution in [0.2, 0.25) is 0 Å². The molecular formula is C15H24N4O. The van der Waals surface area contributed by atoms with E-state index in [1.807, 2.05) is 24.5 Å². The Labute approximate surface area is 121 Å². The zero-order chi connectivity index (χ0) is 14.5. The third kappa shape index (κ3) is 3.55. The SMILES string of the molecule is CNC(=O)C1CN(Cc2ccncc2)CCN1C(C)C. The Balaban J connectivity index is 2.03. The number of nitrogens with one attached hydrogen (secondary N) is 1. The van der Waals surface area contributed by atoms with Gasteiger partial charge in [-0.15, -0.1) is 0 Å². The zero-order valence-electron chi connectivity index (χ0n) is 12.5. The fourth-order valence-corrected chi connectivity index (χ4v) is 2.76. The molecule has 1 aliphatic heterocycles. The summed E-state index contributed by atoms with van der Waals surface area (Å²) in [5, 5.41) is 2.79. The number of carbonyl (C=O) groups excluding carboxylic acids is 1. The Morgan fingerprint density at radius 2 is 2.10 bits per heavy atom. The third-order valence-corrected chi connectivity index (χ3v) is 3.87. The fourth-order valence-electron chi connectivity index (χ4n) is 2.76. The summed E-state index contributed by atoms with van der Waals surface area (Å²) >= 11 is 0. The highest BCUT2D eigenvalue weighted by atomic mass is 16.2. The number of aromatic nitrogens is 1.